The summed E-state index contributed by atoms with van der Waals surface area (Å²) in [6.45, 7) is 0. The first-order valence-electron chi connectivity index (χ1n) is 21.0. The number of fused-ring (bicyclic) bond motifs is 3. The quantitative estimate of drug-likeness (QED) is 0.137. The molecule has 2 aromatic heterocycles. The van der Waals surface area contributed by atoms with Crippen molar-refractivity contribution in [1.29, 1.82) is 0 Å². The summed E-state index contributed by atoms with van der Waals surface area (Å²) >= 11 is 0. The molecule has 2 heterocycles. The van der Waals surface area contributed by atoms with E-state index in [1.54, 1.807) is 0 Å². The topological polar surface area (TPSA) is 43.6 Å². The van der Waals surface area contributed by atoms with Crippen LogP contribution in [-0.2, 0) is 5.41 Å². The van der Waals surface area contributed by atoms with Crippen molar-refractivity contribution in [2.45, 2.75) is 5.41 Å². The van der Waals surface area contributed by atoms with Gasteiger partial charge in [0.15, 0.2) is 17.5 Å². The summed E-state index contributed by atoms with van der Waals surface area (Å²) in [6, 6.07) is 86.1. The average molecular weight is 793 g/mol. The summed E-state index contributed by atoms with van der Waals surface area (Å²) in [5.74, 6) is 1.91. The minimum absolute atomic E-state index is 0.498. The Bertz CT molecular complexity index is 3150. The van der Waals surface area contributed by atoms with Gasteiger partial charge in [-0.3, -0.25) is 0 Å². The van der Waals surface area contributed by atoms with E-state index in [-0.39, 0.29) is 0 Å². The van der Waals surface area contributed by atoms with E-state index >= 15 is 0 Å². The third-order valence-electron chi connectivity index (χ3n) is 12.0. The Morgan fingerprint density at radius 3 is 1.24 bits per heavy atom. The maximum atomic E-state index is 5.03. The molecule has 9 aromatic carbocycles. The molecule has 0 spiro atoms. The Balaban J connectivity index is 1.01. The molecule has 0 saturated carbocycles. The minimum atomic E-state index is -0.498. The van der Waals surface area contributed by atoms with Crippen molar-refractivity contribution in [3.8, 4) is 51.0 Å². The second kappa shape index (κ2) is 15.8. The number of aromatic nitrogens is 4. The molecule has 0 aliphatic rings. The minimum Gasteiger partial charge on any atom is -0.309 e. The van der Waals surface area contributed by atoms with Gasteiger partial charge in [0.1, 0.15) is 0 Å². The Morgan fingerprint density at radius 1 is 0.274 bits per heavy atom. The average Bonchev–Trinajstić information content (AvgIpc) is 3.70. The number of benzene rings is 9. The summed E-state index contributed by atoms with van der Waals surface area (Å²) < 4.78 is 2.35. The van der Waals surface area contributed by atoms with E-state index in [4.69, 9.17) is 15.0 Å². The molecule has 0 N–H and O–H groups in total. The first kappa shape index (κ1) is 36.8. The molecule has 0 unspecified atom stereocenters. The number of hydrogen-bond donors (Lipinski definition) is 0. The normalized spacial score (nSPS) is 11.5. The lowest BCUT2D eigenvalue weighted by Gasteiger charge is -2.37. The fourth-order valence-electron chi connectivity index (χ4n) is 9.13. The van der Waals surface area contributed by atoms with Gasteiger partial charge in [0, 0.05) is 33.2 Å². The molecule has 0 saturated heterocycles. The third kappa shape index (κ3) is 6.46. The van der Waals surface area contributed by atoms with E-state index in [0.717, 1.165) is 44.5 Å². The molecule has 0 aliphatic heterocycles. The van der Waals surface area contributed by atoms with Crippen molar-refractivity contribution in [2.75, 3.05) is 0 Å². The highest BCUT2D eigenvalue weighted by Crippen LogP contribution is 2.46. The first-order valence-corrected chi connectivity index (χ1v) is 21.0. The van der Waals surface area contributed by atoms with E-state index in [2.05, 4.69) is 187 Å². The molecule has 0 radical (unpaired) electrons. The number of hydrogen-bond acceptors (Lipinski definition) is 3. The van der Waals surface area contributed by atoms with Gasteiger partial charge in [-0.05, 0) is 63.7 Å². The molecule has 62 heavy (non-hydrogen) atoms. The van der Waals surface area contributed by atoms with Gasteiger partial charge in [-0.15, -0.1) is 0 Å². The highest BCUT2D eigenvalue weighted by atomic mass is 15.0. The van der Waals surface area contributed by atoms with Crippen LogP contribution in [-0.4, -0.2) is 19.5 Å². The largest absolute Gasteiger partial charge is 0.309 e. The fraction of sp³-hybridized carbons (Fsp3) is 0.0172. The lowest BCUT2D eigenvalue weighted by molar-refractivity contribution is 0.745. The van der Waals surface area contributed by atoms with Crippen molar-refractivity contribution in [1.82, 2.24) is 19.5 Å². The monoisotopic (exact) mass is 792 g/mol. The Hall–Kier alpha value is -8.21. The van der Waals surface area contributed by atoms with E-state index in [9.17, 15) is 0 Å². The molecular formula is C58H40N4. The van der Waals surface area contributed by atoms with E-state index in [0.29, 0.717) is 17.5 Å². The molecule has 0 amide bonds. The second-order valence-electron chi connectivity index (χ2n) is 15.6. The molecule has 0 atom stereocenters. The second-order valence-corrected chi connectivity index (χ2v) is 15.6. The Kier molecular flexibility index (Phi) is 9.36. The third-order valence-corrected chi connectivity index (χ3v) is 12.0. The molecule has 292 valence electrons. The maximum Gasteiger partial charge on any atom is 0.164 e. The standard InChI is InChI=1S/C58H40N4/c1-6-19-42(20-7-1)55-59-56(43-21-8-2-9-22-43)61-57(60-55)45-23-18-30-50(39-45)62-53-32-17-16-31-51(53)52-40-44(35-38-54(52)62)41-33-36-49(37-34-41)58(46-24-10-3-11-25-46,47-26-12-4-13-27-47)48-28-14-5-15-29-48/h1-40H. The molecule has 4 heteroatoms. The van der Waals surface area contributed by atoms with Crippen molar-refractivity contribution < 1.29 is 0 Å². The van der Waals surface area contributed by atoms with Crippen LogP contribution in [0.5, 0.6) is 0 Å². The van der Waals surface area contributed by atoms with Gasteiger partial charge >= 0.3 is 0 Å². The molecule has 0 bridgehead atoms. The zero-order valence-corrected chi connectivity index (χ0v) is 33.9. The SMILES string of the molecule is c1ccc(-c2nc(-c3ccccc3)nc(-c3cccc(-n4c5ccccc5c5cc(-c6ccc(C(c7ccccc7)(c7ccccc7)c7ccccc7)cc6)ccc54)c3)n2)cc1. The van der Waals surface area contributed by atoms with Gasteiger partial charge in [0.05, 0.1) is 16.4 Å². The van der Waals surface area contributed by atoms with Gasteiger partial charge in [-0.2, -0.15) is 0 Å². The van der Waals surface area contributed by atoms with Gasteiger partial charge in [0.2, 0.25) is 0 Å². The van der Waals surface area contributed by atoms with Gasteiger partial charge in [-0.25, -0.2) is 15.0 Å². The summed E-state index contributed by atoms with van der Waals surface area (Å²) in [5.41, 5.74) is 12.8. The van der Waals surface area contributed by atoms with Crippen molar-refractivity contribution in [3.05, 3.63) is 265 Å². The smallest absolute Gasteiger partial charge is 0.164 e. The van der Waals surface area contributed by atoms with Crippen molar-refractivity contribution in [3.63, 3.8) is 0 Å². The molecule has 0 aliphatic carbocycles. The molecule has 4 nitrogen and oxygen atoms in total. The van der Waals surface area contributed by atoms with Crippen LogP contribution in [0.2, 0.25) is 0 Å². The maximum absolute atomic E-state index is 5.03. The van der Waals surface area contributed by atoms with Crippen molar-refractivity contribution >= 4 is 21.8 Å². The summed E-state index contributed by atoms with van der Waals surface area (Å²) in [5, 5.41) is 2.39. The molecule has 11 rings (SSSR count). The van der Waals surface area contributed by atoms with E-state index in [1.807, 2.05) is 60.7 Å². The summed E-state index contributed by atoms with van der Waals surface area (Å²) in [7, 11) is 0. The lowest BCUT2D eigenvalue weighted by Crippen LogP contribution is -2.30. The predicted octanol–water partition coefficient (Wildman–Crippen LogP) is 14.0. The van der Waals surface area contributed by atoms with Gasteiger partial charge in [0.25, 0.3) is 0 Å². The van der Waals surface area contributed by atoms with Crippen LogP contribution >= 0.6 is 0 Å². The number of nitrogens with zero attached hydrogens (tertiary/aromatic N) is 4. The van der Waals surface area contributed by atoms with Crippen molar-refractivity contribution in [2.24, 2.45) is 0 Å². The summed E-state index contributed by atoms with van der Waals surface area (Å²) in [4.78, 5) is 15.0. The predicted molar refractivity (Wildman–Crippen MR) is 254 cm³/mol. The zero-order chi connectivity index (χ0) is 41.3. The van der Waals surface area contributed by atoms with Crippen LogP contribution in [0.4, 0.5) is 0 Å². The van der Waals surface area contributed by atoms with E-state index < -0.39 is 5.41 Å². The van der Waals surface area contributed by atoms with Crippen LogP contribution in [0.3, 0.4) is 0 Å². The van der Waals surface area contributed by atoms with Crippen LogP contribution in [0, 0.1) is 0 Å². The van der Waals surface area contributed by atoms with Crippen LogP contribution in [0.15, 0.2) is 243 Å². The Labute approximate surface area is 361 Å². The first-order chi connectivity index (χ1) is 30.7. The van der Waals surface area contributed by atoms with Gasteiger partial charge in [-0.1, -0.05) is 212 Å². The molecular weight excluding hydrogens is 753 g/mol. The zero-order valence-electron chi connectivity index (χ0n) is 33.9. The van der Waals surface area contributed by atoms with E-state index in [1.165, 1.54) is 33.0 Å². The fourth-order valence-corrected chi connectivity index (χ4v) is 9.13. The number of rotatable bonds is 9. The van der Waals surface area contributed by atoms with Crippen LogP contribution in [0.1, 0.15) is 22.3 Å². The lowest BCUT2D eigenvalue weighted by atomic mass is 9.65. The highest BCUT2D eigenvalue weighted by Gasteiger charge is 2.38. The highest BCUT2D eigenvalue weighted by molar-refractivity contribution is 6.10. The molecule has 0 fully saturated rings. The Morgan fingerprint density at radius 2 is 0.694 bits per heavy atom. The summed E-state index contributed by atoms with van der Waals surface area (Å²) in [6.07, 6.45) is 0. The molecule has 11 aromatic rings. The van der Waals surface area contributed by atoms with Crippen LogP contribution < -0.4 is 0 Å². The number of para-hydroxylation sites is 1. The van der Waals surface area contributed by atoms with Crippen LogP contribution in [0.25, 0.3) is 72.8 Å². The van der Waals surface area contributed by atoms with Gasteiger partial charge < -0.3 is 4.57 Å².